The van der Waals surface area contributed by atoms with Crippen LogP contribution in [0.4, 0.5) is 0 Å². The molecular formula is C14H16N4OS2. The molecule has 21 heavy (non-hydrogen) atoms. The molecule has 1 aliphatic rings. The van der Waals surface area contributed by atoms with Gasteiger partial charge in [-0.05, 0) is 43.4 Å². The SMILES string of the molecule is CSc1nc2ccccc2c(=O)n1NC(=S)N1CCCC1. The smallest absolute Gasteiger partial charge is 0.281 e. The number of benzene rings is 1. The number of hydrogen-bond acceptors (Lipinski definition) is 4. The fraction of sp³-hybridized carbons (Fsp3) is 0.357. The Balaban J connectivity index is 2.02. The first-order valence-electron chi connectivity index (χ1n) is 6.82. The van der Waals surface area contributed by atoms with Gasteiger partial charge in [-0.15, -0.1) is 0 Å². The average molecular weight is 320 g/mol. The molecule has 0 unspecified atom stereocenters. The number of likely N-dealkylation sites (tertiary alicyclic amines) is 1. The van der Waals surface area contributed by atoms with E-state index in [-0.39, 0.29) is 5.56 Å². The van der Waals surface area contributed by atoms with Crippen LogP contribution in [0.5, 0.6) is 0 Å². The predicted octanol–water partition coefficient (Wildman–Crippen LogP) is 2.04. The van der Waals surface area contributed by atoms with E-state index in [1.807, 2.05) is 24.5 Å². The molecule has 110 valence electrons. The van der Waals surface area contributed by atoms with E-state index in [0.29, 0.717) is 21.2 Å². The molecule has 2 heterocycles. The van der Waals surface area contributed by atoms with E-state index >= 15 is 0 Å². The predicted molar refractivity (Wildman–Crippen MR) is 90.5 cm³/mol. The van der Waals surface area contributed by atoms with Crippen molar-refractivity contribution in [3.8, 4) is 0 Å². The van der Waals surface area contributed by atoms with E-state index in [1.165, 1.54) is 16.4 Å². The van der Waals surface area contributed by atoms with Crippen LogP contribution in [0.15, 0.2) is 34.2 Å². The second-order valence-electron chi connectivity index (χ2n) is 4.87. The summed E-state index contributed by atoms with van der Waals surface area (Å²) in [5, 5.41) is 1.79. The van der Waals surface area contributed by atoms with Crippen LogP contribution in [0, 0.1) is 0 Å². The first-order chi connectivity index (χ1) is 10.2. The van der Waals surface area contributed by atoms with Crippen molar-refractivity contribution in [2.75, 3.05) is 24.8 Å². The normalized spacial score (nSPS) is 14.6. The van der Waals surface area contributed by atoms with Gasteiger partial charge in [0.1, 0.15) is 0 Å². The number of para-hydroxylation sites is 1. The van der Waals surface area contributed by atoms with E-state index in [2.05, 4.69) is 15.3 Å². The first-order valence-corrected chi connectivity index (χ1v) is 8.46. The lowest BCUT2D eigenvalue weighted by molar-refractivity contribution is 0.518. The van der Waals surface area contributed by atoms with Crippen molar-refractivity contribution in [3.05, 3.63) is 34.6 Å². The van der Waals surface area contributed by atoms with Crippen LogP contribution in [0.1, 0.15) is 12.8 Å². The summed E-state index contributed by atoms with van der Waals surface area (Å²) in [4.78, 5) is 19.2. The molecule has 1 aromatic carbocycles. The summed E-state index contributed by atoms with van der Waals surface area (Å²) in [7, 11) is 0. The number of nitrogens with one attached hydrogen (secondary N) is 1. The topological polar surface area (TPSA) is 50.2 Å². The highest BCUT2D eigenvalue weighted by atomic mass is 32.2. The lowest BCUT2D eigenvalue weighted by Crippen LogP contribution is -2.41. The van der Waals surface area contributed by atoms with Gasteiger partial charge in [0.05, 0.1) is 10.9 Å². The Morgan fingerprint density at radius 3 is 2.76 bits per heavy atom. The molecule has 0 bridgehead atoms. The summed E-state index contributed by atoms with van der Waals surface area (Å²) in [6.07, 6.45) is 4.18. The Morgan fingerprint density at radius 1 is 1.33 bits per heavy atom. The number of fused-ring (bicyclic) bond motifs is 1. The molecule has 1 aliphatic heterocycles. The van der Waals surface area contributed by atoms with Crippen LogP contribution >= 0.6 is 24.0 Å². The van der Waals surface area contributed by atoms with Crippen molar-refractivity contribution in [2.24, 2.45) is 0 Å². The minimum Gasteiger partial charge on any atom is -0.348 e. The Morgan fingerprint density at radius 2 is 2.05 bits per heavy atom. The molecule has 1 fully saturated rings. The summed E-state index contributed by atoms with van der Waals surface area (Å²) in [5.74, 6) is 0. The molecule has 7 heteroatoms. The maximum atomic E-state index is 12.6. The molecule has 0 atom stereocenters. The summed E-state index contributed by atoms with van der Waals surface area (Å²) >= 11 is 6.82. The molecule has 1 saturated heterocycles. The molecule has 2 aromatic rings. The van der Waals surface area contributed by atoms with Gasteiger partial charge in [0, 0.05) is 13.1 Å². The Kier molecular flexibility index (Phi) is 4.12. The van der Waals surface area contributed by atoms with Gasteiger partial charge in [-0.3, -0.25) is 10.2 Å². The highest BCUT2D eigenvalue weighted by Gasteiger charge is 2.17. The maximum Gasteiger partial charge on any atom is 0.281 e. The Labute approximate surface area is 132 Å². The molecule has 1 N–H and O–H groups in total. The van der Waals surface area contributed by atoms with Gasteiger partial charge in [-0.1, -0.05) is 23.9 Å². The third kappa shape index (κ3) is 2.75. The van der Waals surface area contributed by atoms with Gasteiger partial charge in [0.2, 0.25) is 0 Å². The standard InChI is InChI=1S/C14H16N4OS2/c1-21-14-15-11-7-3-2-6-10(11)12(19)18(14)16-13(20)17-8-4-5-9-17/h2-3,6-7H,4-5,8-9H2,1H3,(H,16,20). The van der Waals surface area contributed by atoms with Crippen LogP contribution in [0.3, 0.4) is 0 Å². The van der Waals surface area contributed by atoms with E-state index in [1.54, 1.807) is 6.07 Å². The largest absolute Gasteiger partial charge is 0.348 e. The molecule has 0 aliphatic carbocycles. The van der Waals surface area contributed by atoms with Gasteiger partial charge in [-0.2, -0.15) is 4.68 Å². The van der Waals surface area contributed by atoms with E-state index in [0.717, 1.165) is 25.9 Å². The van der Waals surface area contributed by atoms with Crippen molar-refractivity contribution in [3.63, 3.8) is 0 Å². The van der Waals surface area contributed by atoms with Crippen LogP contribution in [-0.4, -0.2) is 39.0 Å². The van der Waals surface area contributed by atoms with Gasteiger partial charge in [0.25, 0.3) is 5.56 Å². The van der Waals surface area contributed by atoms with Crippen LogP contribution < -0.4 is 11.0 Å². The van der Waals surface area contributed by atoms with Crippen molar-refractivity contribution in [1.29, 1.82) is 0 Å². The van der Waals surface area contributed by atoms with Crippen molar-refractivity contribution < 1.29 is 0 Å². The fourth-order valence-corrected chi connectivity index (χ4v) is 3.21. The molecule has 1 aromatic heterocycles. The zero-order valence-electron chi connectivity index (χ0n) is 11.7. The highest BCUT2D eigenvalue weighted by Crippen LogP contribution is 2.14. The highest BCUT2D eigenvalue weighted by molar-refractivity contribution is 7.98. The average Bonchev–Trinajstić information content (AvgIpc) is 3.04. The van der Waals surface area contributed by atoms with Crippen LogP contribution in [0.2, 0.25) is 0 Å². The monoisotopic (exact) mass is 320 g/mol. The zero-order valence-corrected chi connectivity index (χ0v) is 13.3. The first kappa shape index (κ1) is 14.3. The third-order valence-corrected chi connectivity index (χ3v) is 4.52. The van der Waals surface area contributed by atoms with Crippen LogP contribution in [0.25, 0.3) is 10.9 Å². The molecule has 5 nitrogen and oxygen atoms in total. The number of aromatic nitrogens is 2. The maximum absolute atomic E-state index is 12.6. The number of nitrogens with zero attached hydrogens (tertiary/aromatic N) is 3. The lowest BCUT2D eigenvalue weighted by Gasteiger charge is -2.21. The van der Waals surface area contributed by atoms with Crippen molar-refractivity contribution >= 4 is 40.0 Å². The summed E-state index contributed by atoms with van der Waals surface area (Å²) in [5.41, 5.74) is 3.63. The van der Waals surface area contributed by atoms with Gasteiger partial charge >= 0.3 is 0 Å². The second-order valence-corrected chi connectivity index (χ2v) is 6.03. The number of rotatable bonds is 2. The number of thioether (sulfide) groups is 1. The molecule has 0 amide bonds. The van der Waals surface area contributed by atoms with Gasteiger partial charge < -0.3 is 4.90 Å². The quantitative estimate of drug-likeness (QED) is 0.519. The molecule has 3 rings (SSSR count). The van der Waals surface area contributed by atoms with E-state index in [4.69, 9.17) is 12.2 Å². The number of hydrogen-bond donors (Lipinski definition) is 1. The summed E-state index contributed by atoms with van der Waals surface area (Å²) in [6, 6.07) is 7.35. The lowest BCUT2D eigenvalue weighted by atomic mass is 10.2. The van der Waals surface area contributed by atoms with Crippen molar-refractivity contribution in [1.82, 2.24) is 14.6 Å². The Bertz CT molecular complexity index is 737. The summed E-state index contributed by atoms with van der Waals surface area (Å²) < 4.78 is 1.45. The van der Waals surface area contributed by atoms with Crippen molar-refractivity contribution in [2.45, 2.75) is 18.0 Å². The second kappa shape index (κ2) is 6.03. The van der Waals surface area contributed by atoms with Gasteiger partial charge in [0.15, 0.2) is 10.3 Å². The minimum absolute atomic E-state index is 0.119. The number of thiocarbonyl (C=S) groups is 1. The fourth-order valence-electron chi connectivity index (χ4n) is 2.43. The molecular weight excluding hydrogens is 304 g/mol. The zero-order chi connectivity index (χ0) is 14.8. The van der Waals surface area contributed by atoms with E-state index in [9.17, 15) is 4.79 Å². The molecule has 0 saturated carbocycles. The van der Waals surface area contributed by atoms with Crippen LogP contribution in [-0.2, 0) is 0 Å². The van der Waals surface area contributed by atoms with E-state index < -0.39 is 0 Å². The third-order valence-electron chi connectivity index (χ3n) is 3.53. The molecule has 0 radical (unpaired) electrons. The van der Waals surface area contributed by atoms with Gasteiger partial charge in [-0.25, -0.2) is 4.98 Å². The molecule has 0 spiro atoms. The minimum atomic E-state index is -0.119. The Hall–Kier alpha value is -1.60. The summed E-state index contributed by atoms with van der Waals surface area (Å²) in [6.45, 7) is 1.88.